The van der Waals surface area contributed by atoms with Crippen LogP contribution in [0.4, 0.5) is 0 Å². The van der Waals surface area contributed by atoms with Crippen molar-refractivity contribution in [2.75, 3.05) is 7.11 Å². The summed E-state index contributed by atoms with van der Waals surface area (Å²) in [5.41, 5.74) is 6.84. The third kappa shape index (κ3) is 2.82. The highest BCUT2D eigenvalue weighted by Crippen LogP contribution is 2.35. The molecule has 2 N–H and O–H groups in total. The SMILES string of the molecule is COc1ccc(-c2nc(C3(N)CCCCC3)no2)cc1Br. The smallest absolute Gasteiger partial charge is 0.258 e. The number of nitrogens with zero attached hydrogens (tertiary/aromatic N) is 2. The standard InChI is InChI=1S/C15H18BrN3O2/c1-20-12-6-5-10(9-11(12)16)13-18-14(19-21-13)15(17)7-3-2-4-8-15/h5-6,9H,2-4,7-8,17H2,1H3. The van der Waals surface area contributed by atoms with Crippen molar-refractivity contribution in [2.45, 2.75) is 37.6 Å². The van der Waals surface area contributed by atoms with E-state index in [0.717, 1.165) is 41.5 Å². The van der Waals surface area contributed by atoms with Crippen LogP contribution in [0.3, 0.4) is 0 Å². The molecule has 1 heterocycles. The zero-order valence-corrected chi connectivity index (χ0v) is 13.5. The molecule has 0 atom stereocenters. The average Bonchev–Trinajstić information content (AvgIpc) is 2.98. The van der Waals surface area contributed by atoms with Gasteiger partial charge in [-0.25, -0.2) is 0 Å². The summed E-state index contributed by atoms with van der Waals surface area (Å²) in [4.78, 5) is 4.51. The molecule has 1 aromatic heterocycles. The van der Waals surface area contributed by atoms with Gasteiger partial charge >= 0.3 is 0 Å². The topological polar surface area (TPSA) is 74.2 Å². The van der Waals surface area contributed by atoms with Crippen molar-refractivity contribution < 1.29 is 9.26 Å². The number of hydrogen-bond acceptors (Lipinski definition) is 5. The Morgan fingerprint density at radius 3 is 2.71 bits per heavy atom. The third-order valence-electron chi connectivity index (χ3n) is 4.02. The Balaban J connectivity index is 1.89. The lowest BCUT2D eigenvalue weighted by Gasteiger charge is -2.29. The number of hydrogen-bond donors (Lipinski definition) is 1. The van der Waals surface area contributed by atoms with Crippen LogP contribution in [0.1, 0.15) is 37.9 Å². The van der Waals surface area contributed by atoms with E-state index in [1.165, 1.54) is 6.42 Å². The molecule has 0 unspecified atom stereocenters. The minimum absolute atomic E-state index is 0.441. The molecule has 2 aromatic rings. The van der Waals surface area contributed by atoms with E-state index in [1.807, 2.05) is 18.2 Å². The van der Waals surface area contributed by atoms with Gasteiger partial charge in [0.1, 0.15) is 5.75 Å². The Morgan fingerprint density at radius 2 is 2.05 bits per heavy atom. The van der Waals surface area contributed by atoms with Crippen molar-refractivity contribution in [3.63, 3.8) is 0 Å². The van der Waals surface area contributed by atoms with E-state index in [0.29, 0.717) is 11.7 Å². The van der Waals surface area contributed by atoms with Crippen LogP contribution in [0, 0.1) is 0 Å². The Kier molecular flexibility index (Phi) is 3.99. The fraction of sp³-hybridized carbons (Fsp3) is 0.467. The molecule has 1 aliphatic rings. The molecule has 3 rings (SSSR count). The molecule has 21 heavy (non-hydrogen) atoms. The summed E-state index contributed by atoms with van der Waals surface area (Å²) in [5.74, 6) is 1.87. The summed E-state index contributed by atoms with van der Waals surface area (Å²) in [6.07, 6.45) is 5.30. The molecule has 0 aliphatic heterocycles. The Bertz CT molecular complexity index is 636. The molecule has 1 aliphatic carbocycles. The Morgan fingerprint density at radius 1 is 1.29 bits per heavy atom. The predicted octanol–water partition coefficient (Wildman–Crippen LogP) is 3.63. The largest absolute Gasteiger partial charge is 0.496 e. The maximum atomic E-state index is 6.43. The summed E-state index contributed by atoms with van der Waals surface area (Å²) in [6, 6.07) is 5.66. The lowest BCUT2D eigenvalue weighted by molar-refractivity contribution is 0.275. The second-order valence-corrected chi connectivity index (χ2v) is 6.34. The minimum atomic E-state index is -0.441. The molecule has 0 saturated heterocycles. The van der Waals surface area contributed by atoms with E-state index in [2.05, 4.69) is 26.1 Å². The van der Waals surface area contributed by atoms with Gasteiger partial charge in [-0.05, 0) is 47.0 Å². The molecule has 5 nitrogen and oxygen atoms in total. The first-order valence-electron chi connectivity index (χ1n) is 7.09. The predicted molar refractivity (Wildman–Crippen MR) is 82.9 cm³/mol. The van der Waals surface area contributed by atoms with Gasteiger partial charge in [0.25, 0.3) is 5.89 Å². The van der Waals surface area contributed by atoms with E-state index in [-0.39, 0.29) is 0 Å². The zero-order valence-electron chi connectivity index (χ0n) is 11.9. The fourth-order valence-corrected chi connectivity index (χ4v) is 3.29. The highest BCUT2D eigenvalue weighted by atomic mass is 79.9. The highest BCUT2D eigenvalue weighted by molar-refractivity contribution is 9.10. The third-order valence-corrected chi connectivity index (χ3v) is 4.64. The first-order valence-corrected chi connectivity index (χ1v) is 7.89. The van der Waals surface area contributed by atoms with Crippen molar-refractivity contribution in [2.24, 2.45) is 5.73 Å². The highest BCUT2D eigenvalue weighted by Gasteiger charge is 2.34. The number of benzene rings is 1. The fourth-order valence-electron chi connectivity index (χ4n) is 2.75. The van der Waals surface area contributed by atoms with Crippen molar-refractivity contribution in [1.82, 2.24) is 10.1 Å². The summed E-state index contributed by atoms with van der Waals surface area (Å²) >= 11 is 3.46. The molecular formula is C15H18BrN3O2. The van der Waals surface area contributed by atoms with Gasteiger partial charge in [0, 0.05) is 5.56 Å². The molecule has 1 aromatic carbocycles. The number of aromatic nitrogens is 2. The molecule has 0 amide bonds. The van der Waals surface area contributed by atoms with Crippen LogP contribution in [0.15, 0.2) is 27.2 Å². The number of nitrogens with two attached hydrogens (primary N) is 1. The van der Waals surface area contributed by atoms with Crippen molar-refractivity contribution in [3.05, 3.63) is 28.5 Å². The average molecular weight is 352 g/mol. The minimum Gasteiger partial charge on any atom is -0.496 e. The van der Waals surface area contributed by atoms with Gasteiger partial charge in [0.05, 0.1) is 17.1 Å². The first-order chi connectivity index (χ1) is 10.1. The van der Waals surface area contributed by atoms with Gasteiger partial charge in [-0.15, -0.1) is 0 Å². The molecule has 1 fully saturated rings. The Labute approximate surface area is 132 Å². The molecule has 112 valence electrons. The quantitative estimate of drug-likeness (QED) is 0.913. The van der Waals surface area contributed by atoms with E-state index in [4.69, 9.17) is 15.0 Å². The summed E-state index contributed by atoms with van der Waals surface area (Å²) in [6.45, 7) is 0. The van der Waals surface area contributed by atoms with E-state index in [1.54, 1.807) is 7.11 Å². The van der Waals surface area contributed by atoms with Crippen LogP contribution in [0.25, 0.3) is 11.5 Å². The van der Waals surface area contributed by atoms with Crippen LogP contribution in [0.5, 0.6) is 5.75 Å². The lowest BCUT2D eigenvalue weighted by atomic mass is 9.82. The summed E-state index contributed by atoms with van der Waals surface area (Å²) < 4.78 is 11.5. The number of methoxy groups -OCH3 is 1. The second-order valence-electron chi connectivity index (χ2n) is 5.49. The number of rotatable bonds is 3. The van der Waals surface area contributed by atoms with Gasteiger partial charge in [-0.1, -0.05) is 24.4 Å². The lowest BCUT2D eigenvalue weighted by Crippen LogP contribution is -2.39. The maximum absolute atomic E-state index is 6.43. The van der Waals surface area contributed by atoms with E-state index >= 15 is 0 Å². The van der Waals surface area contributed by atoms with Crippen LogP contribution < -0.4 is 10.5 Å². The second kappa shape index (κ2) is 5.77. The molecule has 0 radical (unpaired) electrons. The zero-order chi connectivity index (χ0) is 14.9. The van der Waals surface area contributed by atoms with Crippen molar-refractivity contribution >= 4 is 15.9 Å². The first kappa shape index (κ1) is 14.5. The van der Waals surface area contributed by atoms with Gasteiger partial charge in [-0.3, -0.25) is 0 Å². The van der Waals surface area contributed by atoms with Gasteiger partial charge in [0.15, 0.2) is 5.82 Å². The summed E-state index contributed by atoms with van der Waals surface area (Å²) in [7, 11) is 1.63. The Hall–Kier alpha value is -1.40. The molecule has 6 heteroatoms. The molecule has 1 saturated carbocycles. The monoisotopic (exact) mass is 351 g/mol. The molecule has 0 bridgehead atoms. The van der Waals surface area contributed by atoms with Crippen LogP contribution in [-0.2, 0) is 5.54 Å². The van der Waals surface area contributed by atoms with E-state index in [9.17, 15) is 0 Å². The number of ether oxygens (including phenoxy) is 1. The normalized spacial score (nSPS) is 17.7. The van der Waals surface area contributed by atoms with E-state index < -0.39 is 5.54 Å². The van der Waals surface area contributed by atoms with Gasteiger partial charge in [0.2, 0.25) is 0 Å². The van der Waals surface area contributed by atoms with Crippen LogP contribution in [0.2, 0.25) is 0 Å². The van der Waals surface area contributed by atoms with Crippen LogP contribution in [-0.4, -0.2) is 17.3 Å². The maximum Gasteiger partial charge on any atom is 0.258 e. The van der Waals surface area contributed by atoms with Crippen molar-refractivity contribution in [3.8, 4) is 17.2 Å². The summed E-state index contributed by atoms with van der Waals surface area (Å²) in [5, 5.41) is 4.10. The van der Waals surface area contributed by atoms with Gasteiger partial charge in [-0.2, -0.15) is 4.98 Å². The van der Waals surface area contributed by atoms with Gasteiger partial charge < -0.3 is 15.0 Å². The number of halogens is 1. The van der Waals surface area contributed by atoms with Crippen LogP contribution >= 0.6 is 15.9 Å². The van der Waals surface area contributed by atoms with Crippen molar-refractivity contribution in [1.29, 1.82) is 0 Å². The molecular weight excluding hydrogens is 334 g/mol. The molecule has 0 spiro atoms.